The van der Waals surface area contributed by atoms with Crippen LogP contribution in [0.3, 0.4) is 0 Å². The summed E-state index contributed by atoms with van der Waals surface area (Å²) in [5.74, 6) is 1.37. The summed E-state index contributed by atoms with van der Waals surface area (Å²) in [4.78, 5) is 12.7. The van der Waals surface area contributed by atoms with E-state index in [0.717, 1.165) is 11.1 Å². The molecule has 10 nitrogen and oxygen atoms in total. The molecule has 4 rings (SSSR count). The van der Waals surface area contributed by atoms with Crippen molar-refractivity contribution in [1.29, 1.82) is 0 Å². The third-order valence-electron chi connectivity index (χ3n) is 5.52. The van der Waals surface area contributed by atoms with Gasteiger partial charge in [0.2, 0.25) is 0 Å². The maximum atomic E-state index is 13.4. The van der Waals surface area contributed by atoms with Gasteiger partial charge in [-0.05, 0) is 50.1 Å². The van der Waals surface area contributed by atoms with Crippen LogP contribution >= 0.6 is 0 Å². The Hall–Kier alpha value is -3.86. The Morgan fingerprint density at radius 1 is 0.943 bits per heavy atom. The number of ether oxygens (including phenoxy) is 2. The quantitative estimate of drug-likeness (QED) is 0.362. The molecule has 0 aliphatic carbocycles. The lowest BCUT2D eigenvalue weighted by molar-refractivity contribution is 0.391. The maximum absolute atomic E-state index is 13.4. The molecule has 11 heteroatoms. The zero-order valence-corrected chi connectivity index (χ0v) is 20.9. The third kappa shape index (κ3) is 4.85. The first kappa shape index (κ1) is 24.3. The standard InChI is InChI=1S/C24H26N6O4S/c1-15-9-18(13-25-10-15)24-29-28-21(30(24)22-19(33-4)7-6-8-20(22)34-5)14-35(31,32)17(3)23-26-11-16(2)12-27-23/h6-13,17H,14H2,1-5H3/t17-/m0/s1. The van der Waals surface area contributed by atoms with E-state index < -0.39 is 20.8 Å². The molecule has 35 heavy (non-hydrogen) atoms. The van der Waals surface area contributed by atoms with Crippen molar-refractivity contribution in [2.45, 2.75) is 31.8 Å². The van der Waals surface area contributed by atoms with Gasteiger partial charge in [0, 0.05) is 30.4 Å². The number of benzene rings is 1. The van der Waals surface area contributed by atoms with Crippen molar-refractivity contribution in [2.24, 2.45) is 0 Å². The number of pyridine rings is 1. The molecule has 0 bridgehead atoms. The summed E-state index contributed by atoms with van der Waals surface area (Å²) in [6.45, 7) is 5.32. The van der Waals surface area contributed by atoms with E-state index in [1.54, 1.807) is 54.5 Å². The van der Waals surface area contributed by atoms with Crippen LogP contribution in [0.15, 0.2) is 49.1 Å². The van der Waals surface area contributed by atoms with Crippen LogP contribution in [0.2, 0.25) is 0 Å². The van der Waals surface area contributed by atoms with Crippen molar-refractivity contribution >= 4 is 9.84 Å². The second-order valence-corrected chi connectivity index (χ2v) is 10.4. The van der Waals surface area contributed by atoms with Crippen molar-refractivity contribution in [3.8, 4) is 28.6 Å². The highest BCUT2D eigenvalue weighted by Gasteiger charge is 2.30. The lowest BCUT2D eigenvalue weighted by Gasteiger charge is -2.18. The van der Waals surface area contributed by atoms with Gasteiger partial charge < -0.3 is 9.47 Å². The molecular weight excluding hydrogens is 468 g/mol. The van der Waals surface area contributed by atoms with Crippen LogP contribution in [0, 0.1) is 13.8 Å². The third-order valence-corrected chi connectivity index (χ3v) is 7.47. The Labute approximate surface area is 203 Å². The van der Waals surface area contributed by atoms with E-state index in [1.807, 2.05) is 19.9 Å². The molecule has 1 atom stereocenters. The molecule has 0 amide bonds. The fourth-order valence-corrected chi connectivity index (χ4v) is 4.88. The summed E-state index contributed by atoms with van der Waals surface area (Å²) in [6.07, 6.45) is 6.57. The van der Waals surface area contributed by atoms with E-state index in [-0.39, 0.29) is 11.6 Å². The summed E-state index contributed by atoms with van der Waals surface area (Å²) in [5, 5.41) is 7.68. The van der Waals surface area contributed by atoms with E-state index in [0.29, 0.717) is 28.6 Å². The molecule has 0 aliphatic rings. The van der Waals surface area contributed by atoms with Crippen molar-refractivity contribution in [2.75, 3.05) is 14.2 Å². The maximum Gasteiger partial charge on any atom is 0.170 e. The Morgan fingerprint density at radius 2 is 1.60 bits per heavy atom. The van der Waals surface area contributed by atoms with E-state index in [1.165, 1.54) is 14.2 Å². The van der Waals surface area contributed by atoms with Gasteiger partial charge in [0.05, 0.1) is 14.2 Å². The number of aryl methyl sites for hydroxylation is 2. The average Bonchev–Trinajstić information content (AvgIpc) is 3.25. The van der Waals surface area contributed by atoms with Gasteiger partial charge in [-0.3, -0.25) is 9.55 Å². The van der Waals surface area contributed by atoms with E-state index >= 15 is 0 Å². The minimum Gasteiger partial charge on any atom is -0.494 e. The molecule has 182 valence electrons. The monoisotopic (exact) mass is 494 g/mol. The molecule has 0 aliphatic heterocycles. The first-order chi connectivity index (χ1) is 16.7. The van der Waals surface area contributed by atoms with Crippen molar-refractivity contribution in [1.82, 2.24) is 29.7 Å². The normalized spacial score (nSPS) is 12.4. The summed E-state index contributed by atoms with van der Waals surface area (Å²) >= 11 is 0. The highest BCUT2D eigenvalue weighted by Crippen LogP contribution is 2.37. The molecule has 0 radical (unpaired) electrons. The number of sulfone groups is 1. The molecule has 3 heterocycles. The minimum atomic E-state index is -3.77. The predicted molar refractivity (Wildman–Crippen MR) is 130 cm³/mol. The molecule has 0 saturated heterocycles. The molecule has 4 aromatic rings. The molecule has 3 aromatic heterocycles. The lowest BCUT2D eigenvalue weighted by Crippen LogP contribution is -2.18. The molecule has 0 spiro atoms. The number of rotatable bonds is 8. The van der Waals surface area contributed by atoms with Gasteiger partial charge in [-0.15, -0.1) is 10.2 Å². The Balaban J connectivity index is 1.89. The lowest BCUT2D eigenvalue weighted by atomic mass is 10.2. The largest absolute Gasteiger partial charge is 0.494 e. The summed E-state index contributed by atoms with van der Waals surface area (Å²) in [5.41, 5.74) is 2.92. The van der Waals surface area contributed by atoms with E-state index in [4.69, 9.17) is 9.47 Å². The van der Waals surface area contributed by atoms with Gasteiger partial charge in [0.1, 0.15) is 34.0 Å². The molecular formula is C24H26N6O4S. The van der Waals surface area contributed by atoms with Crippen LogP contribution in [0.5, 0.6) is 11.5 Å². The van der Waals surface area contributed by atoms with Crippen LogP contribution in [-0.2, 0) is 15.6 Å². The number of hydrogen-bond donors (Lipinski definition) is 0. The van der Waals surface area contributed by atoms with Crippen LogP contribution < -0.4 is 9.47 Å². The topological polar surface area (TPSA) is 122 Å². The molecule has 0 N–H and O–H groups in total. The van der Waals surface area contributed by atoms with Crippen LogP contribution in [0.4, 0.5) is 0 Å². The molecule has 0 unspecified atom stereocenters. The SMILES string of the molecule is COc1cccc(OC)c1-n1c(CS(=O)(=O)[C@@H](C)c2ncc(C)cn2)nnc1-c1cncc(C)c1. The fourth-order valence-electron chi connectivity index (χ4n) is 3.64. The van der Waals surface area contributed by atoms with Gasteiger partial charge in [-0.1, -0.05) is 6.07 Å². The number of hydrogen-bond acceptors (Lipinski definition) is 9. The molecule has 0 fully saturated rings. The Morgan fingerprint density at radius 3 is 2.20 bits per heavy atom. The summed E-state index contributed by atoms with van der Waals surface area (Å²) in [7, 11) is -0.709. The highest BCUT2D eigenvalue weighted by atomic mass is 32.2. The van der Waals surface area contributed by atoms with Crippen molar-refractivity contribution in [3.05, 3.63) is 71.8 Å². The van der Waals surface area contributed by atoms with Gasteiger partial charge in [0.15, 0.2) is 21.5 Å². The molecule has 1 aromatic carbocycles. The number of aromatic nitrogens is 6. The van der Waals surface area contributed by atoms with E-state index in [9.17, 15) is 8.42 Å². The van der Waals surface area contributed by atoms with Crippen LogP contribution in [-0.4, -0.2) is 52.4 Å². The Bertz CT molecular complexity index is 1430. The summed E-state index contributed by atoms with van der Waals surface area (Å²) < 4.78 is 39.7. The number of nitrogens with zero attached hydrogens (tertiary/aromatic N) is 6. The second-order valence-electron chi connectivity index (χ2n) is 8.11. The Kier molecular flexibility index (Phi) is 6.79. The minimum absolute atomic E-state index is 0.197. The van der Waals surface area contributed by atoms with Gasteiger partial charge in [-0.2, -0.15) is 0 Å². The highest BCUT2D eigenvalue weighted by molar-refractivity contribution is 7.90. The molecule has 0 saturated carbocycles. The van der Waals surface area contributed by atoms with E-state index in [2.05, 4.69) is 25.1 Å². The van der Waals surface area contributed by atoms with Gasteiger partial charge >= 0.3 is 0 Å². The summed E-state index contributed by atoms with van der Waals surface area (Å²) in [6, 6.07) is 7.21. The van der Waals surface area contributed by atoms with Gasteiger partial charge in [0.25, 0.3) is 0 Å². The first-order valence-corrected chi connectivity index (χ1v) is 12.5. The van der Waals surface area contributed by atoms with Gasteiger partial charge in [-0.25, -0.2) is 18.4 Å². The van der Waals surface area contributed by atoms with Crippen molar-refractivity contribution in [3.63, 3.8) is 0 Å². The average molecular weight is 495 g/mol. The number of methoxy groups -OCH3 is 2. The zero-order valence-electron chi connectivity index (χ0n) is 20.1. The predicted octanol–water partition coefficient (Wildman–Crippen LogP) is 3.43. The first-order valence-electron chi connectivity index (χ1n) is 10.8. The fraction of sp³-hybridized carbons (Fsp3) is 0.292. The van der Waals surface area contributed by atoms with Crippen molar-refractivity contribution < 1.29 is 17.9 Å². The van der Waals surface area contributed by atoms with Crippen LogP contribution in [0.1, 0.15) is 34.9 Å². The zero-order chi connectivity index (χ0) is 25.2. The smallest absolute Gasteiger partial charge is 0.170 e. The van der Waals surface area contributed by atoms with Crippen LogP contribution in [0.25, 0.3) is 17.1 Å². The number of para-hydroxylation sites is 1. The second kappa shape index (κ2) is 9.79.